The summed E-state index contributed by atoms with van der Waals surface area (Å²) in [5.41, 5.74) is 1.92. The largest absolute Gasteiger partial charge is 0.370 e. The van der Waals surface area contributed by atoms with Gasteiger partial charge in [0.15, 0.2) is 5.69 Å². The summed E-state index contributed by atoms with van der Waals surface area (Å²) in [6.45, 7) is 5.45. The number of carbonyl (C=O) groups is 1. The molecule has 0 aliphatic carbocycles. The summed E-state index contributed by atoms with van der Waals surface area (Å²) in [6.07, 6.45) is 4.07. The number of piperidine rings is 1. The van der Waals surface area contributed by atoms with E-state index < -0.39 is 11.7 Å². The maximum atomic E-state index is 14.5. The molecule has 2 aromatic rings. The Morgan fingerprint density at radius 3 is 2.74 bits per heavy atom. The Hall–Kier alpha value is -2.48. The Kier molecular flexibility index (Phi) is 5.07. The zero-order valence-corrected chi connectivity index (χ0v) is 15.5. The molecule has 0 bridgehead atoms. The predicted octanol–water partition coefficient (Wildman–Crippen LogP) is 2.50. The molecule has 2 aliphatic rings. The molecular weight excluding hydrogens is 347 g/mol. The standard InChI is InChI=1S/C19H25FN6O/c1-13-17(23-24-26(13)14-7-9-21-10-8-14)19(27)22-18-15(20)5-4-6-16(18)25-11-2-3-12-25/h4-6,14,21H,2-3,7-12H2,1H3,(H,22,27). The molecule has 0 unspecified atom stereocenters. The van der Waals surface area contributed by atoms with Gasteiger partial charge >= 0.3 is 0 Å². The third-order valence-electron chi connectivity index (χ3n) is 5.47. The Morgan fingerprint density at radius 2 is 2.00 bits per heavy atom. The van der Waals surface area contributed by atoms with E-state index in [9.17, 15) is 9.18 Å². The smallest absolute Gasteiger partial charge is 0.278 e. The van der Waals surface area contributed by atoms with Crippen LogP contribution in [0.4, 0.5) is 15.8 Å². The van der Waals surface area contributed by atoms with Gasteiger partial charge in [-0.05, 0) is 57.8 Å². The van der Waals surface area contributed by atoms with Crippen molar-refractivity contribution in [3.63, 3.8) is 0 Å². The van der Waals surface area contributed by atoms with E-state index in [4.69, 9.17) is 0 Å². The number of nitrogens with zero attached hydrogens (tertiary/aromatic N) is 4. The van der Waals surface area contributed by atoms with Crippen LogP contribution in [0.1, 0.15) is 47.9 Å². The lowest BCUT2D eigenvalue weighted by Gasteiger charge is -2.23. The van der Waals surface area contributed by atoms with Crippen molar-refractivity contribution in [3.8, 4) is 0 Å². The molecule has 4 rings (SSSR count). The number of nitrogens with one attached hydrogen (secondary N) is 2. The highest BCUT2D eigenvalue weighted by Crippen LogP contribution is 2.31. The number of para-hydroxylation sites is 1. The van der Waals surface area contributed by atoms with Gasteiger partial charge in [-0.15, -0.1) is 5.10 Å². The van der Waals surface area contributed by atoms with Crippen molar-refractivity contribution in [1.82, 2.24) is 20.3 Å². The summed E-state index contributed by atoms with van der Waals surface area (Å²) in [6, 6.07) is 5.14. The summed E-state index contributed by atoms with van der Waals surface area (Å²) in [5.74, 6) is -0.852. The number of aromatic nitrogens is 3. The molecule has 0 saturated carbocycles. The molecule has 144 valence electrons. The number of carbonyl (C=O) groups excluding carboxylic acids is 1. The fourth-order valence-electron chi connectivity index (χ4n) is 3.98. The van der Waals surface area contributed by atoms with Gasteiger partial charge in [0.2, 0.25) is 0 Å². The number of hydrogen-bond acceptors (Lipinski definition) is 5. The van der Waals surface area contributed by atoms with Gasteiger partial charge in [-0.25, -0.2) is 9.07 Å². The van der Waals surface area contributed by atoms with Crippen molar-refractivity contribution in [2.75, 3.05) is 36.4 Å². The molecule has 27 heavy (non-hydrogen) atoms. The van der Waals surface area contributed by atoms with Gasteiger partial charge in [-0.2, -0.15) is 0 Å². The van der Waals surface area contributed by atoms with E-state index in [0.717, 1.165) is 63.2 Å². The highest BCUT2D eigenvalue weighted by molar-refractivity contribution is 6.05. The highest BCUT2D eigenvalue weighted by atomic mass is 19.1. The summed E-state index contributed by atoms with van der Waals surface area (Å²) in [4.78, 5) is 14.9. The van der Waals surface area contributed by atoms with Gasteiger partial charge in [0, 0.05) is 13.1 Å². The van der Waals surface area contributed by atoms with Crippen LogP contribution in [0.15, 0.2) is 18.2 Å². The molecule has 1 aromatic heterocycles. The number of rotatable bonds is 4. The first-order valence-corrected chi connectivity index (χ1v) is 9.62. The molecule has 2 aliphatic heterocycles. The highest BCUT2D eigenvalue weighted by Gasteiger charge is 2.25. The van der Waals surface area contributed by atoms with Crippen molar-refractivity contribution in [3.05, 3.63) is 35.4 Å². The second-order valence-corrected chi connectivity index (χ2v) is 7.23. The number of hydrogen-bond donors (Lipinski definition) is 2. The Balaban J connectivity index is 1.57. The van der Waals surface area contributed by atoms with Crippen LogP contribution in [-0.2, 0) is 0 Å². The Labute approximate surface area is 157 Å². The minimum Gasteiger partial charge on any atom is -0.370 e. The molecule has 0 spiro atoms. The van der Waals surface area contributed by atoms with Crippen LogP contribution in [0.2, 0.25) is 0 Å². The van der Waals surface area contributed by atoms with Crippen LogP contribution in [0.3, 0.4) is 0 Å². The van der Waals surface area contributed by atoms with Gasteiger partial charge < -0.3 is 15.5 Å². The first-order valence-electron chi connectivity index (χ1n) is 9.62. The quantitative estimate of drug-likeness (QED) is 0.863. The van der Waals surface area contributed by atoms with Gasteiger partial charge in [0.25, 0.3) is 5.91 Å². The lowest BCUT2D eigenvalue weighted by Crippen LogP contribution is -2.30. The zero-order chi connectivity index (χ0) is 18.8. The number of benzene rings is 1. The minimum absolute atomic E-state index is 0.222. The lowest BCUT2D eigenvalue weighted by atomic mass is 10.1. The summed E-state index contributed by atoms with van der Waals surface area (Å²) < 4.78 is 16.3. The van der Waals surface area contributed by atoms with Gasteiger partial charge in [0.1, 0.15) is 11.5 Å². The molecule has 8 heteroatoms. The van der Waals surface area contributed by atoms with Crippen molar-refractivity contribution in [2.45, 2.75) is 38.6 Å². The number of amides is 1. The van der Waals surface area contributed by atoms with Crippen LogP contribution in [0.25, 0.3) is 0 Å². The first-order chi connectivity index (χ1) is 13.1. The fraction of sp³-hybridized carbons (Fsp3) is 0.526. The molecule has 3 heterocycles. The van der Waals surface area contributed by atoms with E-state index in [-0.39, 0.29) is 17.4 Å². The molecule has 0 atom stereocenters. The number of anilines is 2. The molecule has 2 N–H and O–H groups in total. The Bertz CT molecular complexity index is 824. The van der Waals surface area contributed by atoms with Gasteiger partial charge in [-0.3, -0.25) is 4.79 Å². The summed E-state index contributed by atoms with van der Waals surface area (Å²) in [7, 11) is 0. The number of halogens is 1. The zero-order valence-electron chi connectivity index (χ0n) is 15.5. The van der Waals surface area contributed by atoms with Crippen LogP contribution in [0.5, 0.6) is 0 Å². The van der Waals surface area contributed by atoms with Crippen molar-refractivity contribution >= 4 is 17.3 Å². The topological polar surface area (TPSA) is 75.1 Å². The second kappa shape index (κ2) is 7.64. The molecule has 7 nitrogen and oxygen atoms in total. The van der Waals surface area contributed by atoms with Crippen molar-refractivity contribution in [1.29, 1.82) is 0 Å². The van der Waals surface area contributed by atoms with E-state index in [0.29, 0.717) is 0 Å². The molecule has 0 radical (unpaired) electrons. The maximum Gasteiger partial charge on any atom is 0.278 e. The monoisotopic (exact) mass is 372 g/mol. The van der Waals surface area contributed by atoms with E-state index in [1.54, 1.807) is 6.07 Å². The average molecular weight is 372 g/mol. The van der Waals surface area contributed by atoms with Crippen LogP contribution in [-0.4, -0.2) is 47.1 Å². The van der Waals surface area contributed by atoms with Crippen LogP contribution < -0.4 is 15.5 Å². The first kappa shape index (κ1) is 17.9. The van der Waals surface area contributed by atoms with E-state index in [1.807, 2.05) is 17.7 Å². The van der Waals surface area contributed by atoms with E-state index in [2.05, 4.69) is 25.8 Å². The molecule has 1 amide bonds. The summed E-state index contributed by atoms with van der Waals surface area (Å²) in [5, 5.41) is 14.4. The third-order valence-corrected chi connectivity index (χ3v) is 5.47. The molecular formula is C19H25FN6O. The van der Waals surface area contributed by atoms with Crippen molar-refractivity contribution < 1.29 is 9.18 Å². The van der Waals surface area contributed by atoms with Crippen LogP contribution >= 0.6 is 0 Å². The average Bonchev–Trinajstić information content (AvgIpc) is 3.34. The maximum absolute atomic E-state index is 14.5. The van der Waals surface area contributed by atoms with Crippen molar-refractivity contribution in [2.24, 2.45) is 0 Å². The summed E-state index contributed by atoms with van der Waals surface area (Å²) >= 11 is 0. The third kappa shape index (κ3) is 3.53. The minimum atomic E-state index is -0.434. The second-order valence-electron chi connectivity index (χ2n) is 7.23. The van der Waals surface area contributed by atoms with E-state index in [1.165, 1.54) is 6.07 Å². The normalized spacial score (nSPS) is 18.1. The van der Waals surface area contributed by atoms with Gasteiger partial charge in [0.05, 0.1) is 17.4 Å². The van der Waals surface area contributed by atoms with Crippen LogP contribution in [0, 0.1) is 12.7 Å². The SMILES string of the molecule is Cc1c(C(=O)Nc2c(F)cccc2N2CCCC2)nnn1C1CCNCC1. The predicted molar refractivity (Wildman–Crippen MR) is 102 cm³/mol. The molecule has 2 fully saturated rings. The van der Waals surface area contributed by atoms with E-state index >= 15 is 0 Å². The molecule has 2 saturated heterocycles. The Morgan fingerprint density at radius 1 is 1.26 bits per heavy atom. The van der Waals surface area contributed by atoms with Gasteiger partial charge in [-0.1, -0.05) is 11.3 Å². The lowest BCUT2D eigenvalue weighted by molar-refractivity contribution is 0.102. The fourth-order valence-corrected chi connectivity index (χ4v) is 3.98. The molecule has 1 aromatic carbocycles.